The molecule has 3 aromatic rings. The predicted molar refractivity (Wildman–Crippen MR) is 74.5 cm³/mol. The fourth-order valence-electron chi connectivity index (χ4n) is 2.13. The van der Waals surface area contributed by atoms with Crippen molar-refractivity contribution in [2.45, 2.75) is 26.9 Å². The summed E-state index contributed by atoms with van der Waals surface area (Å²) in [4.78, 5) is 7.61. The summed E-state index contributed by atoms with van der Waals surface area (Å²) in [5.74, 6) is 0.878. The molecule has 0 bridgehead atoms. The van der Waals surface area contributed by atoms with Gasteiger partial charge in [0.15, 0.2) is 16.2 Å². The Balaban J connectivity index is 2.13. The van der Waals surface area contributed by atoms with Gasteiger partial charge in [-0.1, -0.05) is 0 Å². The number of hydrogen-bond donors (Lipinski definition) is 1. The van der Waals surface area contributed by atoms with Crippen molar-refractivity contribution in [1.29, 1.82) is 0 Å². The predicted octanol–water partition coefficient (Wildman–Crippen LogP) is 2.06. The largest absolute Gasteiger partial charge is 0.329 e. The molecule has 98 valence electrons. The van der Waals surface area contributed by atoms with Gasteiger partial charge >= 0.3 is 0 Å². The molecule has 0 radical (unpaired) electrons. The number of nitrogens with one attached hydrogen (secondary N) is 1. The summed E-state index contributed by atoms with van der Waals surface area (Å²) >= 11 is 5.38. The van der Waals surface area contributed by atoms with Crippen LogP contribution >= 0.6 is 12.2 Å². The second-order valence-corrected chi connectivity index (χ2v) is 4.76. The van der Waals surface area contributed by atoms with Gasteiger partial charge in [0.25, 0.3) is 0 Å². The molecule has 0 saturated heterocycles. The second-order valence-electron chi connectivity index (χ2n) is 4.38. The average Bonchev–Trinajstić information content (AvgIpc) is 2.97. The van der Waals surface area contributed by atoms with Gasteiger partial charge < -0.3 is 9.55 Å². The van der Waals surface area contributed by atoms with Crippen LogP contribution in [0.3, 0.4) is 0 Å². The lowest BCUT2D eigenvalue weighted by molar-refractivity contribution is 0.653. The molecule has 0 fully saturated rings. The van der Waals surface area contributed by atoms with Crippen molar-refractivity contribution in [3.05, 3.63) is 34.7 Å². The van der Waals surface area contributed by atoms with E-state index in [0.29, 0.717) is 11.3 Å². The first-order chi connectivity index (χ1) is 9.20. The minimum absolute atomic E-state index is 0.573. The molecule has 19 heavy (non-hydrogen) atoms. The number of hydrogen-bond acceptors (Lipinski definition) is 4. The van der Waals surface area contributed by atoms with Crippen LogP contribution in [0.15, 0.2) is 18.6 Å². The Bertz CT molecular complexity index is 781. The molecule has 0 aliphatic heterocycles. The third-order valence-electron chi connectivity index (χ3n) is 3.21. The van der Waals surface area contributed by atoms with Gasteiger partial charge in [-0.3, -0.25) is 4.57 Å². The van der Waals surface area contributed by atoms with E-state index >= 15 is 0 Å². The van der Waals surface area contributed by atoms with Gasteiger partial charge in [-0.15, -0.1) is 10.2 Å². The molecule has 0 saturated carbocycles. The molecule has 0 aliphatic rings. The van der Waals surface area contributed by atoms with Crippen molar-refractivity contribution in [2.24, 2.45) is 0 Å². The molecule has 3 heterocycles. The highest BCUT2D eigenvalue weighted by molar-refractivity contribution is 7.71. The first kappa shape index (κ1) is 12.0. The number of aryl methyl sites for hydroxylation is 2. The van der Waals surface area contributed by atoms with Gasteiger partial charge in [0, 0.05) is 12.7 Å². The third kappa shape index (κ3) is 1.95. The van der Waals surface area contributed by atoms with Crippen LogP contribution in [0.1, 0.15) is 18.3 Å². The van der Waals surface area contributed by atoms with E-state index < -0.39 is 0 Å². The molecule has 3 aromatic heterocycles. The summed E-state index contributed by atoms with van der Waals surface area (Å²) in [7, 11) is 0. The van der Waals surface area contributed by atoms with Gasteiger partial charge in [0.2, 0.25) is 0 Å². The van der Waals surface area contributed by atoms with Crippen LogP contribution in [-0.2, 0) is 13.1 Å². The zero-order valence-corrected chi connectivity index (χ0v) is 11.6. The van der Waals surface area contributed by atoms with E-state index in [-0.39, 0.29) is 0 Å². The monoisotopic (exact) mass is 274 g/mol. The van der Waals surface area contributed by atoms with E-state index in [1.165, 1.54) is 0 Å². The van der Waals surface area contributed by atoms with Crippen molar-refractivity contribution in [3.8, 4) is 0 Å². The smallest absolute Gasteiger partial charge is 0.179 e. The fourth-order valence-corrected chi connectivity index (χ4v) is 2.38. The first-order valence-corrected chi connectivity index (χ1v) is 6.52. The number of fused-ring (bicyclic) bond motifs is 1. The summed E-state index contributed by atoms with van der Waals surface area (Å²) in [5, 5.41) is 8.07. The van der Waals surface area contributed by atoms with Crippen LogP contribution in [0.25, 0.3) is 11.2 Å². The lowest BCUT2D eigenvalue weighted by atomic mass is 10.3. The molecule has 0 aliphatic carbocycles. The van der Waals surface area contributed by atoms with Crippen molar-refractivity contribution < 1.29 is 0 Å². The van der Waals surface area contributed by atoms with Crippen molar-refractivity contribution in [3.63, 3.8) is 0 Å². The van der Waals surface area contributed by atoms with E-state index in [9.17, 15) is 0 Å². The maximum atomic E-state index is 5.38. The molecule has 0 spiro atoms. The summed E-state index contributed by atoms with van der Waals surface area (Å²) < 4.78 is 4.60. The molecule has 7 heteroatoms. The molecular formula is C12H14N6S. The van der Waals surface area contributed by atoms with Crippen LogP contribution in [0.5, 0.6) is 0 Å². The lowest BCUT2D eigenvalue weighted by Crippen LogP contribution is -2.08. The Kier molecular flexibility index (Phi) is 2.90. The van der Waals surface area contributed by atoms with Gasteiger partial charge in [0.1, 0.15) is 6.33 Å². The molecule has 0 amide bonds. The van der Waals surface area contributed by atoms with Crippen LogP contribution < -0.4 is 0 Å². The summed E-state index contributed by atoms with van der Waals surface area (Å²) in [5.41, 5.74) is 2.97. The number of H-pyrrole nitrogens is 1. The van der Waals surface area contributed by atoms with Crippen molar-refractivity contribution in [1.82, 2.24) is 29.3 Å². The summed E-state index contributed by atoms with van der Waals surface area (Å²) in [6.07, 6.45) is 3.52. The van der Waals surface area contributed by atoms with Gasteiger partial charge in [-0.25, -0.2) is 4.98 Å². The minimum atomic E-state index is 0.573. The van der Waals surface area contributed by atoms with E-state index in [1.54, 1.807) is 12.5 Å². The minimum Gasteiger partial charge on any atom is -0.329 e. The highest BCUT2D eigenvalue weighted by Crippen LogP contribution is 2.16. The summed E-state index contributed by atoms with van der Waals surface area (Å²) in [6, 6.07) is 1.96. The highest BCUT2D eigenvalue weighted by atomic mass is 32.1. The normalized spacial score (nSPS) is 11.3. The molecule has 0 aromatic carbocycles. The maximum Gasteiger partial charge on any atom is 0.179 e. The fraction of sp³-hybridized carbons (Fsp3) is 0.333. The highest BCUT2D eigenvalue weighted by Gasteiger charge is 2.11. The Labute approximate surface area is 115 Å². The average molecular weight is 274 g/mol. The molecule has 3 rings (SSSR count). The SMILES string of the molecule is CCn1cnnc1Cn1c(=S)[nH]c2c(C)ccnc21. The molecule has 1 N–H and O–H groups in total. The number of pyridine rings is 1. The van der Waals surface area contributed by atoms with Gasteiger partial charge in [-0.05, 0) is 37.7 Å². The quantitative estimate of drug-likeness (QED) is 0.743. The van der Waals surface area contributed by atoms with E-state index in [1.807, 2.05) is 22.1 Å². The van der Waals surface area contributed by atoms with Crippen LogP contribution in [0.4, 0.5) is 0 Å². The zero-order chi connectivity index (χ0) is 13.4. The van der Waals surface area contributed by atoms with E-state index in [0.717, 1.165) is 29.1 Å². The Hall–Kier alpha value is -2.02. The number of imidazole rings is 1. The van der Waals surface area contributed by atoms with Crippen molar-refractivity contribution in [2.75, 3.05) is 0 Å². The van der Waals surface area contributed by atoms with Crippen LogP contribution in [0, 0.1) is 11.7 Å². The number of nitrogens with zero attached hydrogens (tertiary/aromatic N) is 5. The van der Waals surface area contributed by atoms with E-state index in [2.05, 4.69) is 27.1 Å². The van der Waals surface area contributed by atoms with E-state index in [4.69, 9.17) is 12.2 Å². The second kappa shape index (κ2) is 4.58. The molecule has 6 nitrogen and oxygen atoms in total. The van der Waals surface area contributed by atoms with Crippen LogP contribution in [-0.4, -0.2) is 29.3 Å². The lowest BCUT2D eigenvalue weighted by Gasteiger charge is -2.05. The van der Waals surface area contributed by atoms with Gasteiger partial charge in [-0.2, -0.15) is 0 Å². The van der Waals surface area contributed by atoms with Gasteiger partial charge in [0.05, 0.1) is 12.1 Å². The topological polar surface area (TPSA) is 64.3 Å². The Morgan fingerprint density at radius 1 is 1.42 bits per heavy atom. The number of aromatic nitrogens is 6. The molecular weight excluding hydrogens is 260 g/mol. The standard InChI is InChI=1S/C12H14N6S/c1-3-17-7-14-16-9(17)6-18-11-10(15-12(18)19)8(2)4-5-13-11/h4-5,7H,3,6H2,1-2H3,(H,15,19). The number of rotatable bonds is 3. The first-order valence-electron chi connectivity index (χ1n) is 6.11. The van der Waals surface area contributed by atoms with Crippen LogP contribution in [0.2, 0.25) is 0 Å². The Morgan fingerprint density at radius 2 is 2.26 bits per heavy atom. The third-order valence-corrected chi connectivity index (χ3v) is 3.53. The maximum absolute atomic E-state index is 5.38. The van der Waals surface area contributed by atoms with Crippen molar-refractivity contribution >= 4 is 23.4 Å². The Morgan fingerprint density at radius 3 is 3.05 bits per heavy atom. The summed E-state index contributed by atoms with van der Waals surface area (Å²) in [6.45, 7) is 5.51. The zero-order valence-electron chi connectivity index (χ0n) is 10.8. The molecule has 0 atom stereocenters. The molecule has 0 unspecified atom stereocenters. The number of aromatic amines is 1.